The summed E-state index contributed by atoms with van der Waals surface area (Å²) in [6.07, 6.45) is 4.21. The van der Waals surface area contributed by atoms with E-state index in [-0.39, 0.29) is 17.1 Å². The summed E-state index contributed by atoms with van der Waals surface area (Å²) in [6.45, 7) is 14.7. The van der Waals surface area contributed by atoms with Crippen molar-refractivity contribution in [3.05, 3.63) is 69.8 Å². The number of unbranched alkanes of at least 4 members (excludes halogenated alkanes) is 3. The minimum atomic E-state index is -0.406. The van der Waals surface area contributed by atoms with Crippen LogP contribution in [0.2, 0.25) is 0 Å². The van der Waals surface area contributed by atoms with Crippen molar-refractivity contribution in [2.75, 3.05) is 6.54 Å². The molecule has 0 aliphatic heterocycles. The highest BCUT2D eigenvalue weighted by Crippen LogP contribution is 2.26. The Morgan fingerprint density at radius 1 is 1.09 bits per heavy atom. The number of para-hydroxylation sites is 1. The number of hydrogen-bond donors (Lipinski definition) is 1. The third-order valence-corrected chi connectivity index (χ3v) is 6.24. The van der Waals surface area contributed by atoms with E-state index in [1.165, 1.54) is 0 Å². The smallest absolute Gasteiger partial charge is 0.318 e. The van der Waals surface area contributed by atoms with Gasteiger partial charge in [-0.3, -0.25) is 9.36 Å². The number of aromatic nitrogens is 2. The number of urea groups is 1. The highest BCUT2D eigenvalue weighted by molar-refractivity contribution is 5.78. The maximum absolute atomic E-state index is 13.8. The number of fused-ring (bicyclic) bond motifs is 1. The minimum Gasteiger partial charge on any atom is -0.333 e. The topological polar surface area (TPSA) is 67.2 Å². The summed E-state index contributed by atoms with van der Waals surface area (Å²) in [5.41, 5.74) is 3.00. The van der Waals surface area contributed by atoms with Crippen molar-refractivity contribution >= 4 is 16.9 Å². The standard InChI is InChI=1S/C29H40N4O2/c1-8-9-10-13-18-32(28(35)31-29(5,6)7)22(4)26-30-24-15-12-11-14-23(24)27(34)33(26)25-19-20(2)16-17-21(25)3/h11-12,14-17,19,22H,8-10,13,18H2,1-7H3,(H,31,35). The summed E-state index contributed by atoms with van der Waals surface area (Å²) >= 11 is 0. The van der Waals surface area contributed by atoms with Crippen LogP contribution in [0.1, 0.15) is 83.3 Å². The summed E-state index contributed by atoms with van der Waals surface area (Å²) in [4.78, 5) is 34.1. The fraction of sp³-hybridized carbons (Fsp3) is 0.483. The van der Waals surface area contributed by atoms with Crippen LogP contribution in [0.5, 0.6) is 0 Å². The molecule has 1 heterocycles. The van der Waals surface area contributed by atoms with Gasteiger partial charge < -0.3 is 10.2 Å². The number of amides is 2. The number of rotatable bonds is 8. The van der Waals surface area contributed by atoms with Crippen molar-refractivity contribution in [1.29, 1.82) is 0 Å². The summed E-state index contributed by atoms with van der Waals surface area (Å²) in [5.74, 6) is 0.571. The zero-order valence-electron chi connectivity index (χ0n) is 22.3. The maximum Gasteiger partial charge on any atom is 0.318 e. The minimum absolute atomic E-state index is 0.117. The van der Waals surface area contributed by atoms with Gasteiger partial charge in [-0.1, -0.05) is 50.5 Å². The lowest BCUT2D eigenvalue weighted by atomic mass is 10.1. The zero-order valence-corrected chi connectivity index (χ0v) is 22.3. The monoisotopic (exact) mass is 476 g/mol. The molecule has 0 aliphatic rings. The fourth-order valence-corrected chi connectivity index (χ4v) is 4.34. The predicted octanol–water partition coefficient (Wildman–Crippen LogP) is 6.45. The van der Waals surface area contributed by atoms with Gasteiger partial charge in [-0.25, -0.2) is 9.78 Å². The molecule has 0 radical (unpaired) electrons. The maximum atomic E-state index is 13.8. The average molecular weight is 477 g/mol. The lowest BCUT2D eigenvalue weighted by molar-refractivity contribution is 0.165. The van der Waals surface area contributed by atoms with Crippen molar-refractivity contribution in [2.24, 2.45) is 0 Å². The Kier molecular flexibility index (Phi) is 8.36. The van der Waals surface area contributed by atoms with Crippen LogP contribution >= 0.6 is 0 Å². The van der Waals surface area contributed by atoms with Gasteiger partial charge in [0.2, 0.25) is 0 Å². The molecule has 1 aromatic heterocycles. The first kappa shape index (κ1) is 26.5. The van der Waals surface area contributed by atoms with Crippen LogP contribution in [-0.4, -0.2) is 32.6 Å². The van der Waals surface area contributed by atoms with E-state index in [2.05, 4.69) is 12.2 Å². The van der Waals surface area contributed by atoms with Crippen molar-refractivity contribution in [1.82, 2.24) is 19.8 Å². The molecule has 35 heavy (non-hydrogen) atoms. The SMILES string of the molecule is CCCCCCN(C(=O)NC(C)(C)C)C(C)c1nc2ccccc2c(=O)n1-c1cc(C)ccc1C. The van der Waals surface area contributed by atoms with Gasteiger partial charge in [-0.15, -0.1) is 0 Å². The van der Waals surface area contributed by atoms with E-state index in [0.717, 1.165) is 42.5 Å². The Morgan fingerprint density at radius 3 is 2.49 bits per heavy atom. The second kappa shape index (κ2) is 11.1. The van der Waals surface area contributed by atoms with Crippen molar-refractivity contribution in [3.63, 3.8) is 0 Å². The van der Waals surface area contributed by atoms with E-state index in [9.17, 15) is 9.59 Å². The Morgan fingerprint density at radius 2 is 1.80 bits per heavy atom. The molecule has 1 N–H and O–H groups in total. The molecule has 0 saturated heterocycles. The number of carbonyl (C=O) groups is 1. The molecule has 0 fully saturated rings. The molecule has 3 rings (SSSR count). The van der Waals surface area contributed by atoms with Crippen molar-refractivity contribution in [2.45, 2.75) is 85.7 Å². The number of benzene rings is 2. The predicted molar refractivity (Wildman–Crippen MR) is 144 cm³/mol. The first-order valence-corrected chi connectivity index (χ1v) is 12.7. The zero-order chi connectivity index (χ0) is 25.8. The third kappa shape index (κ3) is 6.30. The van der Waals surface area contributed by atoms with Crippen LogP contribution in [0, 0.1) is 13.8 Å². The van der Waals surface area contributed by atoms with Gasteiger partial charge in [0.15, 0.2) is 0 Å². The summed E-state index contributed by atoms with van der Waals surface area (Å²) in [5, 5.41) is 3.68. The molecular weight excluding hydrogens is 436 g/mol. The Hall–Kier alpha value is -3.15. The molecule has 188 valence electrons. The number of aryl methyl sites for hydroxylation is 2. The van der Waals surface area contributed by atoms with Crippen molar-refractivity contribution < 1.29 is 4.79 Å². The Bertz CT molecular complexity index is 1240. The molecule has 0 saturated carbocycles. The van der Waals surface area contributed by atoms with Gasteiger partial charge in [0, 0.05) is 12.1 Å². The van der Waals surface area contributed by atoms with Crippen LogP contribution in [0.3, 0.4) is 0 Å². The van der Waals surface area contributed by atoms with Gasteiger partial charge in [0.05, 0.1) is 22.6 Å². The van der Waals surface area contributed by atoms with Crippen molar-refractivity contribution in [3.8, 4) is 5.69 Å². The molecular formula is C29H40N4O2. The molecule has 0 bridgehead atoms. The molecule has 2 aromatic carbocycles. The van der Waals surface area contributed by atoms with Crippen LogP contribution in [0.15, 0.2) is 47.3 Å². The first-order valence-electron chi connectivity index (χ1n) is 12.7. The van der Waals surface area contributed by atoms with E-state index >= 15 is 0 Å². The van der Waals surface area contributed by atoms with Gasteiger partial charge >= 0.3 is 6.03 Å². The lowest BCUT2D eigenvalue weighted by Gasteiger charge is -2.33. The number of carbonyl (C=O) groups excluding carboxylic acids is 1. The van der Waals surface area contributed by atoms with E-state index in [4.69, 9.17) is 4.98 Å². The summed E-state index contributed by atoms with van der Waals surface area (Å²) < 4.78 is 1.71. The van der Waals surface area contributed by atoms with Gasteiger partial charge in [0.1, 0.15) is 5.82 Å². The molecule has 0 spiro atoms. The van der Waals surface area contributed by atoms with Gasteiger partial charge in [-0.2, -0.15) is 0 Å². The number of nitrogens with one attached hydrogen (secondary N) is 1. The first-order chi connectivity index (χ1) is 16.5. The fourth-order valence-electron chi connectivity index (χ4n) is 4.34. The molecule has 1 unspecified atom stereocenters. The van der Waals surface area contributed by atoms with E-state index in [0.29, 0.717) is 23.3 Å². The van der Waals surface area contributed by atoms with Crippen LogP contribution in [-0.2, 0) is 0 Å². The van der Waals surface area contributed by atoms with E-state index in [1.807, 2.05) is 88.9 Å². The van der Waals surface area contributed by atoms with Crippen LogP contribution < -0.4 is 10.9 Å². The molecule has 2 amide bonds. The van der Waals surface area contributed by atoms with E-state index in [1.54, 1.807) is 4.57 Å². The molecule has 0 aliphatic carbocycles. The van der Waals surface area contributed by atoms with Crippen LogP contribution in [0.4, 0.5) is 4.79 Å². The van der Waals surface area contributed by atoms with Crippen LogP contribution in [0.25, 0.3) is 16.6 Å². The second-order valence-electron chi connectivity index (χ2n) is 10.5. The number of nitrogens with zero attached hydrogens (tertiary/aromatic N) is 3. The van der Waals surface area contributed by atoms with Gasteiger partial charge in [0.25, 0.3) is 5.56 Å². The Balaban J connectivity index is 2.19. The second-order valence-corrected chi connectivity index (χ2v) is 10.5. The van der Waals surface area contributed by atoms with Gasteiger partial charge in [-0.05, 0) is 77.3 Å². The average Bonchev–Trinajstić information content (AvgIpc) is 2.79. The molecule has 6 heteroatoms. The lowest BCUT2D eigenvalue weighted by Crippen LogP contribution is -2.50. The summed E-state index contributed by atoms with van der Waals surface area (Å²) in [6, 6.07) is 13.0. The van der Waals surface area contributed by atoms with E-state index < -0.39 is 6.04 Å². The Labute approximate surface area is 209 Å². The highest BCUT2D eigenvalue weighted by atomic mass is 16.2. The summed E-state index contributed by atoms with van der Waals surface area (Å²) in [7, 11) is 0. The normalized spacial score (nSPS) is 12.5. The molecule has 6 nitrogen and oxygen atoms in total. The molecule has 3 aromatic rings. The number of hydrogen-bond acceptors (Lipinski definition) is 3. The quantitative estimate of drug-likeness (QED) is 0.380. The largest absolute Gasteiger partial charge is 0.333 e. The molecule has 1 atom stereocenters. The highest BCUT2D eigenvalue weighted by Gasteiger charge is 2.29. The third-order valence-electron chi connectivity index (χ3n) is 6.24.